The van der Waals surface area contributed by atoms with Gasteiger partial charge in [0.05, 0.1) is 5.60 Å². The van der Waals surface area contributed by atoms with Crippen LogP contribution in [0.4, 0.5) is 0 Å². The molecule has 0 saturated carbocycles. The Morgan fingerprint density at radius 1 is 1.69 bits per heavy atom. The largest absolute Gasteiger partial charge is 0.399 e. The minimum Gasteiger partial charge on any atom is -0.399 e. The highest BCUT2D eigenvalue weighted by molar-refractivity contribution is 5.39. The van der Waals surface area contributed by atoms with Gasteiger partial charge in [0.25, 0.3) is 0 Å². The van der Waals surface area contributed by atoms with E-state index >= 15 is 0 Å². The van der Waals surface area contributed by atoms with Crippen LogP contribution in [0, 0.1) is 0 Å². The fourth-order valence-electron chi connectivity index (χ4n) is 1.68. The van der Waals surface area contributed by atoms with Gasteiger partial charge >= 0.3 is 0 Å². The Kier molecular flexibility index (Phi) is 2.62. The Labute approximate surface area is 79.4 Å². The van der Waals surface area contributed by atoms with Gasteiger partial charge in [0.1, 0.15) is 0 Å². The number of rotatable bonds is 2. The van der Waals surface area contributed by atoms with Crippen LogP contribution in [-0.4, -0.2) is 10.7 Å². The zero-order valence-corrected chi connectivity index (χ0v) is 8.14. The molecule has 0 heterocycles. The molecule has 1 atom stereocenters. The minimum atomic E-state index is -0.635. The van der Waals surface area contributed by atoms with Crippen molar-refractivity contribution in [2.75, 3.05) is 0 Å². The normalized spacial score (nSPS) is 28.8. The zero-order valence-electron chi connectivity index (χ0n) is 8.14. The second-order valence-corrected chi connectivity index (χ2v) is 3.91. The molecule has 13 heavy (non-hydrogen) atoms. The van der Waals surface area contributed by atoms with E-state index in [1.807, 2.05) is 13.0 Å². The van der Waals surface area contributed by atoms with E-state index in [9.17, 15) is 5.11 Å². The number of hydrogen-bond acceptors (Lipinski definition) is 2. The topological polar surface area (TPSA) is 46.2 Å². The summed E-state index contributed by atoms with van der Waals surface area (Å²) in [5, 5.41) is 9.84. The van der Waals surface area contributed by atoms with Crippen molar-refractivity contribution in [3.05, 3.63) is 36.1 Å². The van der Waals surface area contributed by atoms with Crippen LogP contribution in [-0.2, 0) is 0 Å². The maximum absolute atomic E-state index is 9.84. The lowest BCUT2D eigenvalue weighted by atomic mass is 9.81. The third kappa shape index (κ3) is 2.22. The van der Waals surface area contributed by atoms with Gasteiger partial charge in [0.15, 0.2) is 0 Å². The SMILES string of the molecule is C=CC1=C(C(=C)N)CC(C)(O)CC1. The molecule has 0 aromatic rings. The lowest BCUT2D eigenvalue weighted by Crippen LogP contribution is -2.29. The first kappa shape index (κ1) is 10.1. The maximum atomic E-state index is 9.84. The van der Waals surface area contributed by atoms with E-state index in [0.717, 1.165) is 24.0 Å². The molecular weight excluding hydrogens is 162 g/mol. The second kappa shape index (κ2) is 3.38. The Morgan fingerprint density at radius 3 is 2.77 bits per heavy atom. The molecule has 0 bridgehead atoms. The zero-order chi connectivity index (χ0) is 10.1. The fourth-order valence-corrected chi connectivity index (χ4v) is 1.68. The summed E-state index contributed by atoms with van der Waals surface area (Å²) in [5.41, 5.74) is 7.65. The van der Waals surface area contributed by atoms with Crippen molar-refractivity contribution in [3.8, 4) is 0 Å². The van der Waals surface area contributed by atoms with Crippen molar-refractivity contribution in [2.24, 2.45) is 5.73 Å². The summed E-state index contributed by atoms with van der Waals surface area (Å²) in [7, 11) is 0. The Morgan fingerprint density at radius 2 is 2.31 bits per heavy atom. The van der Waals surface area contributed by atoms with Crippen LogP contribution in [0.25, 0.3) is 0 Å². The van der Waals surface area contributed by atoms with Gasteiger partial charge in [-0.15, -0.1) is 0 Å². The van der Waals surface area contributed by atoms with E-state index < -0.39 is 5.60 Å². The Hall–Kier alpha value is -1.02. The highest BCUT2D eigenvalue weighted by atomic mass is 16.3. The van der Waals surface area contributed by atoms with Crippen molar-refractivity contribution in [1.29, 1.82) is 0 Å². The molecule has 0 radical (unpaired) electrons. The molecule has 0 amide bonds. The van der Waals surface area contributed by atoms with E-state index in [-0.39, 0.29) is 0 Å². The van der Waals surface area contributed by atoms with Crippen molar-refractivity contribution in [1.82, 2.24) is 0 Å². The molecule has 0 spiro atoms. The second-order valence-electron chi connectivity index (χ2n) is 3.91. The van der Waals surface area contributed by atoms with Gasteiger partial charge in [0, 0.05) is 12.1 Å². The highest BCUT2D eigenvalue weighted by Crippen LogP contribution is 2.34. The van der Waals surface area contributed by atoms with Gasteiger partial charge < -0.3 is 10.8 Å². The molecule has 1 unspecified atom stereocenters. The number of allylic oxidation sites excluding steroid dienone is 3. The third-order valence-corrected chi connectivity index (χ3v) is 2.51. The average molecular weight is 179 g/mol. The summed E-state index contributed by atoms with van der Waals surface area (Å²) in [6.07, 6.45) is 4.00. The van der Waals surface area contributed by atoms with Crippen LogP contribution in [0.2, 0.25) is 0 Å². The van der Waals surface area contributed by atoms with E-state index in [1.54, 1.807) is 0 Å². The van der Waals surface area contributed by atoms with Gasteiger partial charge in [-0.1, -0.05) is 19.2 Å². The van der Waals surface area contributed by atoms with Gasteiger partial charge in [-0.2, -0.15) is 0 Å². The number of hydrogen-bond donors (Lipinski definition) is 2. The van der Waals surface area contributed by atoms with Crippen molar-refractivity contribution in [2.45, 2.75) is 31.8 Å². The molecule has 2 heteroatoms. The standard InChI is InChI=1S/C11H17NO/c1-4-9-5-6-11(3,13)7-10(9)8(2)12/h4,13H,1-2,5-7,12H2,3H3. The van der Waals surface area contributed by atoms with Gasteiger partial charge in [-0.25, -0.2) is 0 Å². The molecule has 0 aromatic heterocycles. The van der Waals surface area contributed by atoms with Crippen LogP contribution >= 0.6 is 0 Å². The lowest BCUT2D eigenvalue weighted by Gasteiger charge is -2.31. The molecule has 1 aliphatic carbocycles. The first-order valence-electron chi connectivity index (χ1n) is 4.48. The van der Waals surface area contributed by atoms with Gasteiger partial charge in [-0.05, 0) is 30.9 Å². The molecule has 1 aliphatic rings. The van der Waals surface area contributed by atoms with Crippen molar-refractivity contribution < 1.29 is 5.11 Å². The van der Waals surface area contributed by atoms with Crippen LogP contribution in [0.1, 0.15) is 26.2 Å². The van der Waals surface area contributed by atoms with Crippen molar-refractivity contribution >= 4 is 0 Å². The summed E-state index contributed by atoms with van der Waals surface area (Å²) < 4.78 is 0. The maximum Gasteiger partial charge on any atom is 0.0664 e. The lowest BCUT2D eigenvalue weighted by molar-refractivity contribution is 0.0470. The molecule has 0 fully saturated rings. The summed E-state index contributed by atoms with van der Waals surface area (Å²) >= 11 is 0. The highest BCUT2D eigenvalue weighted by Gasteiger charge is 2.28. The first-order chi connectivity index (χ1) is 5.96. The molecular formula is C11H17NO. The summed E-state index contributed by atoms with van der Waals surface area (Å²) in [6.45, 7) is 9.26. The molecule has 1 rings (SSSR count). The predicted octanol–water partition coefficient (Wildman–Crippen LogP) is 1.88. The van der Waals surface area contributed by atoms with Gasteiger partial charge in [0.2, 0.25) is 0 Å². The van der Waals surface area contributed by atoms with E-state index in [0.29, 0.717) is 12.1 Å². The fraction of sp³-hybridized carbons (Fsp3) is 0.455. The van der Waals surface area contributed by atoms with Crippen molar-refractivity contribution in [3.63, 3.8) is 0 Å². The number of aliphatic hydroxyl groups is 1. The van der Waals surface area contributed by atoms with Gasteiger partial charge in [-0.3, -0.25) is 0 Å². The van der Waals surface area contributed by atoms with Crippen LogP contribution < -0.4 is 5.73 Å². The smallest absolute Gasteiger partial charge is 0.0664 e. The molecule has 0 aliphatic heterocycles. The monoisotopic (exact) mass is 179 g/mol. The predicted molar refractivity (Wildman–Crippen MR) is 55.0 cm³/mol. The first-order valence-corrected chi connectivity index (χ1v) is 4.48. The quantitative estimate of drug-likeness (QED) is 0.679. The van der Waals surface area contributed by atoms with E-state index in [1.165, 1.54) is 0 Å². The molecule has 3 N–H and O–H groups in total. The molecule has 0 aromatic carbocycles. The Bertz CT molecular complexity index is 274. The van der Waals surface area contributed by atoms with Crippen LogP contribution in [0.3, 0.4) is 0 Å². The third-order valence-electron chi connectivity index (χ3n) is 2.51. The Balaban J connectivity index is 3.00. The summed E-state index contributed by atoms with van der Waals surface area (Å²) in [6, 6.07) is 0. The van der Waals surface area contributed by atoms with E-state index in [4.69, 9.17) is 5.73 Å². The average Bonchev–Trinajstić information content (AvgIpc) is 2.03. The summed E-state index contributed by atoms with van der Waals surface area (Å²) in [5.74, 6) is 0. The van der Waals surface area contributed by atoms with Crippen LogP contribution in [0.5, 0.6) is 0 Å². The molecule has 2 nitrogen and oxygen atoms in total. The van der Waals surface area contributed by atoms with E-state index in [2.05, 4.69) is 13.2 Å². The molecule has 0 saturated heterocycles. The summed E-state index contributed by atoms with van der Waals surface area (Å²) in [4.78, 5) is 0. The number of nitrogens with two attached hydrogens (primary N) is 1. The molecule has 72 valence electrons. The van der Waals surface area contributed by atoms with Crippen LogP contribution in [0.15, 0.2) is 36.1 Å². The minimum absolute atomic E-state index is 0.551.